The van der Waals surface area contributed by atoms with Crippen molar-refractivity contribution in [1.82, 2.24) is 10.2 Å². The van der Waals surface area contributed by atoms with Crippen molar-refractivity contribution in [2.75, 3.05) is 7.11 Å². The molecule has 1 unspecified atom stereocenters. The van der Waals surface area contributed by atoms with E-state index < -0.39 is 11.2 Å². The highest BCUT2D eigenvalue weighted by Gasteiger charge is 2.13. The van der Waals surface area contributed by atoms with Crippen LogP contribution in [-0.4, -0.2) is 28.5 Å². The minimum Gasteiger partial charge on any atom is -0.549 e. The van der Waals surface area contributed by atoms with Gasteiger partial charge in [0.1, 0.15) is 5.75 Å². The molecular weight excluding hydrogens is 268 g/mol. The molecule has 0 saturated carbocycles. The normalized spacial score (nSPS) is 12.1. The summed E-state index contributed by atoms with van der Waals surface area (Å²) in [7, 11) is 1.58. The molecule has 0 amide bonds. The zero-order valence-corrected chi connectivity index (χ0v) is 11.1. The van der Waals surface area contributed by atoms with Crippen molar-refractivity contribution >= 4 is 17.7 Å². The van der Waals surface area contributed by atoms with Crippen LogP contribution in [0.2, 0.25) is 0 Å². The number of nitrogens with zero attached hydrogens (tertiary/aromatic N) is 2. The number of hydrogen-bond donors (Lipinski definition) is 0. The van der Waals surface area contributed by atoms with Gasteiger partial charge < -0.3 is 19.1 Å². The van der Waals surface area contributed by atoms with E-state index in [4.69, 9.17) is 9.15 Å². The quantitative estimate of drug-likeness (QED) is 0.753. The Balaban J connectivity index is 2.13. The van der Waals surface area contributed by atoms with Crippen molar-refractivity contribution in [2.24, 2.45) is 0 Å². The predicted molar refractivity (Wildman–Crippen MR) is 66.6 cm³/mol. The summed E-state index contributed by atoms with van der Waals surface area (Å²) in [6, 6.07) is 7.11. The Hall–Kier alpha value is -2.02. The summed E-state index contributed by atoms with van der Waals surface area (Å²) in [4.78, 5) is 10.6. The molecule has 0 bridgehead atoms. The highest BCUT2D eigenvalue weighted by atomic mass is 32.2. The third kappa shape index (κ3) is 3.25. The molecule has 1 heterocycles. The first kappa shape index (κ1) is 13.4. The van der Waals surface area contributed by atoms with Crippen LogP contribution < -0.4 is 9.84 Å². The zero-order valence-electron chi connectivity index (χ0n) is 10.3. The van der Waals surface area contributed by atoms with E-state index in [-0.39, 0.29) is 5.22 Å². The van der Waals surface area contributed by atoms with Crippen molar-refractivity contribution in [3.8, 4) is 17.2 Å². The average Bonchev–Trinajstić information content (AvgIpc) is 2.87. The zero-order chi connectivity index (χ0) is 13.8. The highest BCUT2D eigenvalue weighted by molar-refractivity contribution is 8.00. The van der Waals surface area contributed by atoms with Crippen molar-refractivity contribution in [3.63, 3.8) is 0 Å². The molecule has 0 spiro atoms. The molecule has 1 aromatic heterocycles. The maximum absolute atomic E-state index is 10.6. The topological polar surface area (TPSA) is 88.3 Å². The Labute approximate surface area is 113 Å². The lowest BCUT2D eigenvalue weighted by Gasteiger charge is -2.07. The molecule has 0 radical (unpaired) electrons. The van der Waals surface area contributed by atoms with Crippen LogP contribution in [0.4, 0.5) is 0 Å². The number of methoxy groups -OCH3 is 1. The number of carboxylic acids is 1. The lowest BCUT2D eigenvalue weighted by Crippen LogP contribution is -2.31. The molecular formula is C12H11N2O4S-. The number of carboxylic acid groups (broad SMARTS) is 1. The second-order valence-electron chi connectivity index (χ2n) is 3.68. The van der Waals surface area contributed by atoms with Crippen LogP contribution in [0.1, 0.15) is 6.92 Å². The van der Waals surface area contributed by atoms with E-state index in [1.165, 1.54) is 6.92 Å². The first-order valence-corrected chi connectivity index (χ1v) is 6.33. The molecule has 6 nitrogen and oxygen atoms in total. The second-order valence-corrected chi connectivity index (χ2v) is 4.97. The van der Waals surface area contributed by atoms with E-state index in [1.807, 2.05) is 0 Å². The Morgan fingerprint density at radius 3 is 2.63 bits per heavy atom. The Morgan fingerprint density at radius 2 is 2.05 bits per heavy atom. The number of carbonyl (C=O) groups excluding carboxylic acids is 1. The van der Waals surface area contributed by atoms with Crippen LogP contribution in [0.5, 0.6) is 5.75 Å². The van der Waals surface area contributed by atoms with Crippen LogP contribution in [0.3, 0.4) is 0 Å². The molecule has 0 saturated heterocycles. The number of aliphatic carboxylic acids is 1. The lowest BCUT2D eigenvalue weighted by molar-refractivity contribution is -0.304. The van der Waals surface area contributed by atoms with Crippen LogP contribution in [-0.2, 0) is 4.79 Å². The van der Waals surface area contributed by atoms with Gasteiger partial charge in [-0.1, -0.05) is 11.8 Å². The second kappa shape index (κ2) is 5.75. The summed E-state index contributed by atoms with van der Waals surface area (Å²) in [5, 5.41) is 17.7. The minimum atomic E-state index is -1.17. The maximum Gasteiger partial charge on any atom is 0.277 e. The van der Waals surface area contributed by atoms with Gasteiger partial charge in [-0.2, -0.15) is 0 Å². The maximum atomic E-state index is 10.6. The number of benzene rings is 1. The largest absolute Gasteiger partial charge is 0.549 e. The van der Waals surface area contributed by atoms with Gasteiger partial charge in [0.15, 0.2) is 0 Å². The monoisotopic (exact) mass is 279 g/mol. The number of rotatable bonds is 5. The molecule has 100 valence electrons. The van der Waals surface area contributed by atoms with Crippen LogP contribution >= 0.6 is 11.8 Å². The summed E-state index contributed by atoms with van der Waals surface area (Å²) in [5.74, 6) is -0.117. The molecule has 0 fully saturated rings. The summed E-state index contributed by atoms with van der Waals surface area (Å²) >= 11 is 0.948. The van der Waals surface area contributed by atoms with E-state index >= 15 is 0 Å². The third-order valence-corrected chi connectivity index (χ3v) is 3.27. The fraction of sp³-hybridized carbons (Fsp3) is 0.250. The van der Waals surface area contributed by atoms with Crippen molar-refractivity contribution in [2.45, 2.75) is 17.4 Å². The molecule has 0 aliphatic rings. The van der Waals surface area contributed by atoms with E-state index in [1.54, 1.807) is 31.4 Å². The van der Waals surface area contributed by atoms with Gasteiger partial charge in [0.25, 0.3) is 5.22 Å². The smallest absolute Gasteiger partial charge is 0.277 e. The van der Waals surface area contributed by atoms with Gasteiger partial charge in [-0.05, 0) is 31.2 Å². The summed E-state index contributed by atoms with van der Waals surface area (Å²) in [6.07, 6.45) is 0. The van der Waals surface area contributed by atoms with Gasteiger partial charge in [0.2, 0.25) is 5.89 Å². The van der Waals surface area contributed by atoms with Crippen molar-refractivity contribution < 1.29 is 19.1 Å². The van der Waals surface area contributed by atoms with Crippen LogP contribution in [0, 0.1) is 0 Å². The fourth-order valence-corrected chi connectivity index (χ4v) is 1.92. The van der Waals surface area contributed by atoms with Crippen LogP contribution in [0.15, 0.2) is 33.9 Å². The van der Waals surface area contributed by atoms with E-state index in [0.717, 1.165) is 23.1 Å². The summed E-state index contributed by atoms with van der Waals surface area (Å²) in [6.45, 7) is 1.50. The standard InChI is InChI=1S/C12H12N2O4S/c1-7(11(15)16)19-12-14-13-10(18-12)8-3-5-9(17-2)6-4-8/h3-7H,1-2H3,(H,15,16)/p-1. The third-order valence-electron chi connectivity index (χ3n) is 2.35. The van der Waals surface area contributed by atoms with E-state index in [2.05, 4.69) is 10.2 Å². The molecule has 0 aliphatic carbocycles. The molecule has 2 rings (SSSR count). The van der Waals surface area contributed by atoms with Crippen molar-refractivity contribution in [3.05, 3.63) is 24.3 Å². The van der Waals surface area contributed by atoms with Gasteiger partial charge in [0, 0.05) is 5.56 Å². The van der Waals surface area contributed by atoms with Gasteiger partial charge in [0.05, 0.1) is 18.3 Å². The fourth-order valence-electron chi connectivity index (χ4n) is 1.31. The van der Waals surface area contributed by atoms with E-state index in [9.17, 15) is 9.90 Å². The van der Waals surface area contributed by atoms with Gasteiger partial charge in [-0.15, -0.1) is 10.2 Å². The SMILES string of the molecule is COc1ccc(-c2nnc(SC(C)C(=O)[O-])o2)cc1. The summed E-state index contributed by atoms with van der Waals surface area (Å²) < 4.78 is 10.4. The molecule has 1 atom stereocenters. The number of aromatic nitrogens is 2. The first-order chi connectivity index (χ1) is 9.10. The molecule has 1 aromatic carbocycles. The van der Waals surface area contributed by atoms with Crippen molar-refractivity contribution in [1.29, 1.82) is 0 Å². The molecule has 0 aliphatic heterocycles. The predicted octanol–water partition coefficient (Wildman–Crippen LogP) is 0.976. The van der Waals surface area contributed by atoms with Gasteiger partial charge in [-0.3, -0.25) is 0 Å². The summed E-state index contributed by atoms with van der Waals surface area (Å²) in [5.41, 5.74) is 0.737. The number of carbonyl (C=O) groups is 1. The van der Waals surface area contributed by atoms with Gasteiger partial charge in [-0.25, -0.2) is 0 Å². The minimum absolute atomic E-state index is 0.197. The van der Waals surface area contributed by atoms with Crippen LogP contribution in [0.25, 0.3) is 11.5 Å². The Kier molecular flexibility index (Phi) is 4.06. The molecule has 0 N–H and O–H groups in total. The van der Waals surface area contributed by atoms with Gasteiger partial charge >= 0.3 is 0 Å². The number of ether oxygens (including phenoxy) is 1. The lowest BCUT2D eigenvalue weighted by atomic mass is 10.2. The number of thioether (sulfide) groups is 1. The Bertz CT molecular complexity index is 567. The number of hydrogen-bond acceptors (Lipinski definition) is 7. The molecule has 7 heteroatoms. The average molecular weight is 279 g/mol. The Morgan fingerprint density at radius 1 is 1.37 bits per heavy atom. The van der Waals surface area contributed by atoms with E-state index in [0.29, 0.717) is 5.89 Å². The highest BCUT2D eigenvalue weighted by Crippen LogP contribution is 2.26. The molecule has 2 aromatic rings. The first-order valence-electron chi connectivity index (χ1n) is 5.45. The molecule has 19 heavy (non-hydrogen) atoms.